The Morgan fingerprint density at radius 1 is 1.75 bits per heavy atom. The molecule has 0 saturated heterocycles. The number of halogens is 2. The number of hydrogen-bond donors (Lipinski definition) is 0. The highest BCUT2D eigenvalue weighted by Crippen LogP contribution is 2.11. The number of rotatable bonds is 2. The Labute approximate surface area is 66.9 Å². The maximum atomic E-state index is 9.82. The zero-order chi connectivity index (χ0) is 6.57. The lowest BCUT2D eigenvalue weighted by atomic mass is 10.8. The van der Waals surface area contributed by atoms with Crippen molar-refractivity contribution in [1.82, 2.24) is 0 Å². The van der Waals surface area contributed by atoms with E-state index in [4.69, 9.17) is 0 Å². The normalized spacial score (nSPS) is 12.9. The van der Waals surface area contributed by atoms with E-state index >= 15 is 0 Å². The van der Waals surface area contributed by atoms with E-state index in [1.54, 1.807) is 0 Å². The predicted octanol–water partition coefficient (Wildman–Crippen LogP) is 1.50. The zero-order valence-corrected chi connectivity index (χ0v) is 7.75. The molecule has 0 heterocycles. The monoisotopic (exact) mass is 261 g/mol. The Morgan fingerprint density at radius 2 is 2.25 bits per heavy atom. The second-order valence-electron chi connectivity index (χ2n) is 0.964. The third-order valence-electron chi connectivity index (χ3n) is 0.374. The van der Waals surface area contributed by atoms with Crippen LogP contribution in [0.15, 0.2) is 9.47 Å². The van der Waals surface area contributed by atoms with Gasteiger partial charge in [-0.15, -0.1) is 0 Å². The first kappa shape index (κ1) is 8.81. The summed E-state index contributed by atoms with van der Waals surface area (Å²) in [5.74, 6) is 0.0475. The van der Waals surface area contributed by atoms with Crippen LogP contribution in [-0.4, -0.2) is 14.5 Å². The third-order valence-corrected chi connectivity index (χ3v) is 1.46. The van der Waals surface area contributed by atoms with Crippen LogP contribution in [0, 0.1) is 0 Å². The van der Waals surface area contributed by atoms with Gasteiger partial charge in [0.25, 0.3) is 0 Å². The first-order valence-electron chi connectivity index (χ1n) is 1.70. The first-order valence-corrected chi connectivity index (χ1v) is 4.53. The Kier molecular flexibility index (Phi) is 5.14. The molecule has 0 amide bonds. The molecule has 2 nitrogen and oxygen atoms in total. The molecule has 0 spiro atoms. The van der Waals surface area contributed by atoms with Gasteiger partial charge in [0, 0.05) is 5.75 Å². The van der Waals surface area contributed by atoms with Gasteiger partial charge in [0.1, 0.15) is 0 Å². The molecule has 48 valence electrons. The molecule has 8 heavy (non-hydrogen) atoms. The molecule has 0 aliphatic rings. The van der Waals surface area contributed by atoms with Gasteiger partial charge in [-0.3, -0.25) is 4.21 Å². The van der Waals surface area contributed by atoms with Gasteiger partial charge in [0.15, 0.2) is 0 Å². The van der Waals surface area contributed by atoms with Crippen LogP contribution in [-0.2, 0) is 11.1 Å². The van der Waals surface area contributed by atoms with Gasteiger partial charge >= 0.3 is 0 Å². The fraction of sp³-hybridized carbons (Fsp3) is 0.333. The van der Waals surface area contributed by atoms with Crippen LogP contribution in [0.3, 0.4) is 0 Å². The van der Waals surface area contributed by atoms with Crippen molar-refractivity contribution in [1.29, 1.82) is 0 Å². The lowest BCUT2D eigenvalue weighted by molar-refractivity contribution is 0.540. The van der Waals surface area contributed by atoms with Gasteiger partial charge in [-0.25, -0.2) is 0 Å². The molecule has 0 aromatic heterocycles. The molecule has 0 aliphatic carbocycles. The highest BCUT2D eigenvalue weighted by molar-refractivity contribution is 9.28. The molecule has 0 rings (SSSR count). The molecule has 1 atom stereocenters. The largest absolute Gasteiger partial charge is 0.772 e. The average molecular weight is 263 g/mol. The van der Waals surface area contributed by atoms with Crippen molar-refractivity contribution in [3.63, 3.8) is 0 Å². The standard InChI is InChI=1S/C3H4Br2O2S/c4-3(5)1-2-8(6)7/h1H,2H2,(H,6,7)/p-1. The van der Waals surface area contributed by atoms with E-state index in [1.165, 1.54) is 6.08 Å². The zero-order valence-electron chi connectivity index (χ0n) is 3.77. The van der Waals surface area contributed by atoms with Crippen LogP contribution < -0.4 is 0 Å². The molecule has 0 fully saturated rings. The van der Waals surface area contributed by atoms with E-state index in [-0.39, 0.29) is 5.75 Å². The third kappa shape index (κ3) is 6.81. The molecule has 0 N–H and O–H groups in total. The van der Waals surface area contributed by atoms with E-state index in [9.17, 15) is 8.76 Å². The van der Waals surface area contributed by atoms with Crippen LogP contribution in [0.2, 0.25) is 0 Å². The molecule has 0 radical (unpaired) electrons. The summed E-state index contributed by atoms with van der Waals surface area (Å²) in [7, 11) is 0. The summed E-state index contributed by atoms with van der Waals surface area (Å²) < 4.78 is 20.3. The summed E-state index contributed by atoms with van der Waals surface area (Å²) in [5, 5.41) is 0. The van der Waals surface area contributed by atoms with E-state index in [1.807, 2.05) is 0 Å². The second kappa shape index (κ2) is 4.67. The van der Waals surface area contributed by atoms with Crippen molar-refractivity contribution in [3.05, 3.63) is 9.47 Å². The fourth-order valence-electron chi connectivity index (χ4n) is 0.131. The van der Waals surface area contributed by atoms with Gasteiger partial charge < -0.3 is 4.55 Å². The van der Waals surface area contributed by atoms with E-state index in [2.05, 4.69) is 31.9 Å². The van der Waals surface area contributed by atoms with Crippen molar-refractivity contribution < 1.29 is 8.76 Å². The Hall–Kier alpha value is 0.810. The maximum Gasteiger partial charge on any atom is 0.0573 e. The molecule has 0 aromatic rings. The van der Waals surface area contributed by atoms with Crippen molar-refractivity contribution in [2.45, 2.75) is 0 Å². The molecule has 0 aliphatic heterocycles. The van der Waals surface area contributed by atoms with Crippen molar-refractivity contribution in [2.75, 3.05) is 5.75 Å². The smallest absolute Gasteiger partial charge is 0.0573 e. The average Bonchev–Trinajstić information content (AvgIpc) is 1.61. The van der Waals surface area contributed by atoms with E-state index < -0.39 is 11.1 Å². The van der Waals surface area contributed by atoms with Gasteiger partial charge in [-0.05, 0) is 31.9 Å². The van der Waals surface area contributed by atoms with Crippen molar-refractivity contribution >= 4 is 42.9 Å². The van der Waals surface area contributed by atoms with Gasteiger partial charge in [0.05, 0.1) is 3.39 Å². The minimum absolute atomic E-state index is 0.0475. The predicted molar refractivity (Wildman–Crippen MR) is 39.7 cm³/mol. The molecule has 1 unspecified atom stereocenters. The van der Waals surface area contributed by atoms with Gasteiger partial charge in [-0.1, -0.05) is 17.2 Å². The van der Waals surface area contributed by atoms with Crippen molar-refractivity contribution in [2.24, 2.45) is 0 Å². The lowest BCUT2D eigenvalue weighted by Crippen LogP contribution is -1.89. The Balaban J connectivity index is 3.45. The second-order valence-corrected chi connectivity index (χ2v) is 4.68. The summed E-state index contributed by atoms with van der Waals surface area (Å²) in [6.45, 7) is 0. The molecule has 0 aromatic carbocycles. The summed E-state index contributed by atoms with van der Waals surface area (Å²) in [6, 6.07) is 0. The summed E-state index contributed by atoms with van der Waals surface area (Å²) in [5.41, 5.74) is 0. The fourth-order valence-corrected chi connectivity index (χ4v) is 1.19. The lowest BCUT2D eigenvalue weighted by Gasteiger charge is -1.96. The minimum Gasteiger partial charge on any atom is -0.772 e. The van der Waals surface area contributed by atoms with Crippen molar-refractivity contribution in [3.8, 4) is 0 Å². The Bertz CT molecular complexity index is 118. The minimum atomic E-state index is -1.97. The maximum absolute atomic E-state index is 9.82. The Morgan fingerprint density at radius 3 is 2.38 bits per heavy atom. The molecule has 5 heteroatoms. The molecular weight excluding hydrogens is 260 g/mol. The van der Waals surface area contributed by atoms with Crippen LogP contribution in [0.1, 0.15) is 0 Å². The SMILES string of the molecule is O=S([O-])CC=C(Br)Br. The van der Waals surface area contributed by atoms with Crippen LogP contribution >= 0.6 is 31.9 Å². The highest BCUT2D eigenvalue weighted by atomic mass is 79.9. The van der Waals surface area contributed by atoms with E-state index in [0.29, 0.717) is 3.39 Å². The van der Waals surface area contributed by atoms with Crippen LogP contribution in [0.4, 0.5) is 0 Å². The van der Waals surface area contributed by atoms with E-state index in [0.717, 1.165) is 0 Å². The summed E-state index contributed by atoms with van der Waals surface area (Å²) in [4.78, 5) is 0. The summed E-state index contributed by atoms with van der Waals surface area (Å²) in [6.07, 6.45) is 1.50. The van der Waals surface area contributed by atoms with Gasteiger partial charge in [0.2, 0.25) is 0 Å². The first-order chi connectivity index (χ1) is 3.63. The molecule has 0 bridgehead atoms. The molecule has 0 saturated carbocycles. The van der Waals surface area contributed by atoms with Gasteiger partial charge in [-0.2, -0.15) is 0 Å². The topological polar surface area (TPSA) is 40.1 Å². The molecular formula is C3H3Br2O2S-. The quantitative estimate of drug-likeness (QED) is 0.708. The highest BCUT2D eigenvalue weighted by Gasteiger charge is 1.80. The number of hydrogen-bond acceptors (Lipinski definition) is 2. The van der Waals surface area contributed by atoms with Crippen LogP contribution in [0.25, 0.3) is 0 Å². The summed E-state index contributed by atoms with van der Waals surface area (Å²) >= 11 is 4.04. The van der Waals surface area contributed by atoms with Crippen LogP contribution in [0.5, 0.6) is 0 Å².